The normalized spacial score (nSPS) is 9.62. The van der Waals surface area contributed by atoms with Crippen molar-refractivity contribution in [3.05, 3.63) is 29.8 Å². The van der Waals surface area contributed by atoms with E-state index in [4.69, 9.17) is 0 Å². The van der Waals surface area contributed by atoms with Crippen LogP contribution in [-0.2, 0) is 9.53 Å². The Morgan fingerprint density at radius 1 is 1.50 bits per heavy atom. The highest BCUT2D eigenvalue weighted by Gasteiger charge is 2.08. The van der Waals surface area contributed by atoms with E-state index in [1.807, 2.05) is 0 Å². The van der Waals surface area contributed by atoms with Gasteiger partial charge in [-0.15, -0.1) is 0 Å². The molecular weight excluding hydrogens is 215 g/mol. The van der Waals surface area contributed by atoms with Crippen LogP contribution in [-0.4, -0.2) is 30.0 Å². The first-order valence-electron chi connectivity index (χ1n) is 4.69. The van der Waals surface area contributed by atoms with Crippen molar-refractivity contribution in [2.75, 3.05) is 13.2 Å². The molecule has 0 spiro atoms. The number of hydrogen-bond donors (Lipinski definition) is 1. The molecule has 0 fully saturated rings. The summed E-state index contributed by atoms with van der Waals surface area (Å²) < 4.78 is 17.1. The number of carbonyl (C=O) groups excluding carboxylic acids is 2. The Morgan fingerprint density at radius 2 is 2.25 bits per heavy atom. The number of hydrogen-bond acceptors (Lipinski definition) is 4. The van der Waals surface area contributed by atoms with Gasteiger partial charge in [-0.25, -0.2) is 4.98 Å². The smallest absolute Gasteiger partial charge is 0.325 e. The zero-order valence-electron chi connectivity index (χ0n) is 8.70. The molecule has 1 heterocycles. The van der Waals surface area contributed by atoms with Gasteiger partial charge in [0.25, 0.3) is 5.91 Å². The summed E-state index contributed by atoms with van der Waals surface area (Å²) in [6.45, 7) is 1.71. The molecule has 0 radical (unpaired) electrons. The van der Waals surface area contributed by atoms with E-state index >= 15 is 0 Å². The molecule has 0 aromatic carbocycles. The van der Waals surface area contributed by atoms with Gasteiger partial charge in [-0.1, -0.05) is 0 Å². The lowest BCUT2D eigenvalue weighted by Crippen LogP contribution is -2.30. The Balaban J connectivity index is 2.47. The van der Waals surface area contributed by atoms with Crippen LogP contribution in [0, 0.1) is 5.95 Å². The summed E-state index contributed by atoms with van der Waals surface area (Å²) >= 11 is 0. The molecule has 5 nitrogen and oxygen atoms in total. The minimum absolute atomic E-state index is 0.186. The molecular formula is C10H11FN2O3. The first-order chi connectivity index (χ1) is 7.63. The van der Waals surface area contributed by atoms with E-state index < -0.39 is 17.8 Å². The quantitative estimate of drug-likeness (QED) is 0.600. The zero-order chi connectivity index (χ0) is 12.0. The van der Waals surface area contributed by atoms with Crippen molar-refractivity contribution in [1.82, 2.24) is 10.3 Å². The maximum Gasteiger partial charge on any atom is 0.325 e. The highest BCUT2D eigenvalue weighted by atomic mass is 19.1. The summed E-state index contributed by atoms with van der Waals surface area (Å²) in [6, 6.07) is 2.35. The molecule has 1 amide bonds. The van der Waals surface area contributed by atoms with Crippen LogP contribution < -0.4 is 5.32 Å². The van der Waals surface area contributed by atoms with Crippen LogP contribution in [0.15, 0.2) is 18.3 Å². The van der Waals surface area contributed by atoms with Crippen LogP contribution in [0.25, 0.3) is 0 Å². The van der Waals surface area contributed by atoms with E-state index in [1.165, 1.54) is 6.07 Å². The van der Waals surface area contributed by atoms with Gasteiger partial charge in [-0.3, -0.25) is 9.59 Å². The predicted octanol–water partition coefficient (Wildman–Crippen LogP) is 0.514. The van der Waals surface area contributed by atoms with E-state index in [0.717, 1.165) is 12.3 Å². The minimum atomic E-state index is -0.665. The summed E-state index contributed by atoms with van der Waals surface area (Å²) in [5.74, 6) is -1.69. The number of aromatic nitrogens is 1. The lowest BCUT2D eigenvalue weighted by Gasteiger charge is -2.04. The monoisotopic (exact) mass is 226 g/mol. The lowest BCUT2D eigenvalue weighted by atomic mass is 10.3. The summed E-state index contributed by atoms with van der Waals surface area (Å²) in [4.78, 5) is 25.6. The van der Waals surface area contributed by atoms with Crippen LogP contribution >= 0.6 is 0 Å². The van der Waals surface area contributed by atoms with Crippen molar-refractivity contribution >= 4 is 11.9 Å². The molecule has 86 valence electrons. The van der Waals surface area contributed by atoms with Crippen LogP contribution in [0.5, 0.6) is 0 Å². The van der Waals surface area contributed by atoms with Crippen molar-refractivity contribution in [3.8, 4) is 0 Å². The van der Waals surface area contributed by atoms with E-state index in [0.29, 0.717) is 0 Å². The van der Waals surface area contributed by atoms with Crippen molar-refractivity contribution in [1.29, 1.82) is 0 Å². The van der Waals surface area contributed by atoms with Gasteiger partial charge in [-0.05, 0) is 19.1 Å². The third-order valence-electron chi connectivity index (χ3n) is 1.69. The third kappa shape index (κ3) is 3.64. The van der Waals surface area contributed by atoms with E-state index in [1.54, 1.807) is 6.92 Å². The van der Waals surface area contributed by atoms with Gasteiger partial charge in [0.15, 0.2) is 0 Å². The minimum Gasteiger partial charge on any atom is -0.465 e. The van der Waals surface area contributed by atoms with Gasteiger partial charge < -0.3 is 10.1 Å². The van der Waals surface area contributed by atoms with Crippen LogP contribution in [0.2, 0.25) is 0 Å². The molecule has 1 rings (SSSR count). The van der Waals surface area contributed by atoms with Gasteiger partial charge in [0.1, 0.15) is 6.54 Å². The summed E-state index contributed by atoms with van der Waals surface area (Å²) in [6.07, 6.45) is 1.09. The summed E-state index contributed by atoms with van der Waals surface area (Å²) in [7, 11) is 0. The molecule has 0 bridgehead atoms. The van der Waals surface area contributed by atoms with Crippen LogP contribution in [0.3, 0.4) is 0 Å². The molecule has 0 unspecified atom stereocenters. The third-order valence-corrected chi connectivity index (χ3v) is 1.69. The Kier molecular flexibility index (Phi) is 4.38. The van der Waals surface area contributed by atoms with Crippen molar-refractivity contribution in [3.63, 3.8) is 0 Å². The number of nitrogens with zero attached hydrogens (tertiary/aromatic N) is 1. The summed E-state index contributed by atoms with van der Waals surface area (Å²) in [5.41, 5.74) is 0.186. The fourth-order valence-electron chi connectivity index (χ4n) is 0.977. The van der Waals surface area contributed by atoms with Crippen LogP contribution in [0.4, 0.5) is 4.39 Å². The fraction of sp³-hybridized carbons (Fsp3) is 0.300. The average Bonchev–Trinajstić information content (AvgIpc) is 2.27. The Morgan fingerprint density at radius 3 is 2.81 bits per heavy atom. The van der Waals surface area contributed by atoms with Crippen LogP contribution in [0.1, 0.15) is 17.3 Å². The molecule has 1 aromatic rings. The van der Waals surface area contributed by atoms with E-state index in [2.05, 4.69) is 15.0 Å². The van der Waals surface area contributed by atoms with Crippen molar-refractivity contribution < 1.29 is 18.7 Å². The SMILES string of the molecule is CCOC(=O)CNC(=O)c1ccc(F)nc1. The molecule has 0 aliphatic rings. The summed E-state index contributed by atoms with van der Waals surface area (Å²) in [5, 5.41) is 2.33. The van der Waals surface area contributed by atoms with Gasteiger partial charge in [0.2, 0.25) is 5.95 Å². The maximum absolute atomic E-state index is 12.4. The molecule has 6 heteroatoms. The number of nitrogens with one attached hydrogen (secondary N) is 1. The molecule has 1 aromatic heterocycles. The number of amides is 1. The van der Waals surface area contributed by atoms with Crippen molar-refractivity contribution in [2.24, 2.45) is 0 Å². The number of ether oxygens (including phenoxy) is 1. The van der Waals surface area contributed by atoms with Gasteiger partial charge >= 0.3 is 5.97 Å². The number of esters is 1. The molecule has 0 aliphatic heterocycles. The second-order valence-corrected chi connectivity index (χ2v) is 2.86. The molecule has 16 heavy (non-hydrogen) atoms. The first-order valence-corrected chi connectivity index (χ1v) is 4.69. The van der Waals surface area contributed by atoms with Crippen molar-refractivity contribution in [2.45, 2.75) is 6.92 Å². The first kappa shape index (κ1) is 12.1. The molecule has 0 aliphatic carbocycles. The highest BCUT2D eigenvalue weighted by Crippen LogP contribution is 1.98. The number of pyridine rings is 1. The Hall–Kier alpha value is -1.98. The molecule has 0 saturated carbocycles. The number of halogens is 1. The highest BCUT2D eigenvalue weighted by molar-refractivity contribution is 5.95. The largest absolute Gasteiger partial charge is 0.465 e. The zero-order valence-corrected chi connectivity index (χ0v) is 8.70. The molecule has 1 N–H and O–H groups in total. The predicted molar refractivity (Wildman–Crippen MR) is 53.2 cm³/mol. The van der Waals surface area contributed by atoms with E-state index in [9.17, 15) is 14.0 Å². The standard InChI is InChI=1S/C10H11FN2O3/c1-2-16-9(14)6-13-10(15)7-3-4-8(11)12-5-7/h3-5H,2,6H2,1H3,(H,13,15). The maximum atomic E-state index is 12.4. The Labute approximate surface area is 91.6 Å². The van der Waals surface area contributed by atoms with Gasteiger partial charge in [0.05, 0.1) is 12.2 Å². The van der Waals surface area contributed by atoms with E-state index in [-0.39, 0.29) is 18.7 Å². The van der Waals surface area contributed by atoms with Gasteiger partial charge in [-0.2, -0.15) is 4.39 Å². The molecule has 0 atom stereocenters. The Bertz CT molecular complexity index is 378. The molecule has 0 saturated heterocycles. The van der Waals surface area contributed by atoms with Gasteiger partial charge in [0, 0.05) is 6.20 Å². The average molecular weight is 226 g/mol. The second-order valence-electron chi connectivity index (χ2n) is 2.86. The number of carbonyl (C=O) groups is 2. The topological polar surface area (TPSA) is 68.3 Å². The lowest BCUT2D eigenvalue weighted by molar-refractivity contribution is -0.141. The fourth-order valence-corrected chi connectivity index (χ4v) is 0.977. The second kappa shape index (κ2) is 5.79. The number of rotatable bonds is 4.